The van der Waals surface area contributed by atoms with Crippen LogP contribution in [0.4, 0.5) is 0 Å². The van der Waals surface area contributed by atoms with Crippen LogP contribution in [0.25, 0.3) is 6.08 Å². The summed E-state index contributed by atoms with van der Waals surface area (Å²) in [7, 11) is 0. The lowest BCUT2D eigenvalue weighted by atomic mass is 9.93. The number of benzene rings is 2. The summed E-state index contributed by atoms with van der Waals surface area (Å²) >= 11 is 16.3. The van der Waals surface area contributed by atoms with Gasteiger partial charge in [0.15, 0.2) is 0 Å². The first-order valence-corrected chi connectivity index (χ1v) is 9.18. The van der Waals surface area contributed by atoms with Gasteiger partial charge in [-0.15, -0.1) is 0 Å². The topological polar surface area (TPSA) is 29.5 Å². The van der Waals surface area contributed by atoms with Crippen molar-refractivity contribution in [3.05, 3.63) is 66.0 Å². The van der Waals surface area contributed by atoms with Crippen LogP contribution in [0.15, 0.2) is 49.8 Å². The van der Waals surface area contributed by atoms with Crippen molar-refractivity contribution in [2.24, 2.45) is 0 Å². The molecule has 2 aromatic carbocycles. The summed E-state index contributed by atoms with van der Waals surface area (Å²) in [6.07, 6.45) is 2.60. The first-order valence-electron chi connectivity index (χ1n) is 6.42. The van der Waals surface area contributed by atoms with E-state index in [-0.39, 0.29) is 0 Å². The molecule has 2 atom stereocenters. The summed E-state index contributed by atoms with van der Waals surface area (Å²) in [5.74, 6) is 0.637. The van der Waals surface area contributed by atoms with E-state index in [0.29, 0.717) is 10.8 Å². The first-order chi connectivity index (χ1) is 10.5. The minimum Gasteiger partial charge on any atom is -0.482 e. The number of rotatable bonds is 2. The highest BCUT2D eigenvalue weighted by Crippen LogP contribution is 2.37. The van der Waals surface area contributed by atoms with E-state index in [4.69, 9.17) is 16.3 Å². The Morgan fingerprint density at radius 1 is 1.00 bits per heavy atom. The molecule has 3 rings (SSSR count). The van der Waals surface area contributed by atoms with E-state index >= 15 is 0 Å². The Morgan fingerprint density at radius 3 is 2.45 bits per heavy atom. The average Bonchev–Trinajstić information content (AvgIpc) is 2.47. The van der Waals surface area contributed by atoms with Gasteiger partial charge in [0.25, 0.3) is 0 Å². The quantitative estimate of drug-likeness (QED) is 0.528. The van der Waals surface area contributed by atoms with E-state index in [0.717, 1.165) is 24.5 Å². The van der Waals surface area contributed by atoms with Crippen LogP contribution in [0.5, 0.6) is 5.75 Å². The molecule has 0 heterocycles. The Hall–Kier alpha value is -0.330. The predicted octanol–water partition coefficient (Wildman–Crippen LogP) is 6.14. The molecule has 2 nitrogen and oxygen atoms in total. The second-order valence-corrected chi connectivity index (χ2v) is 7.86. The van der Waals surface area contributed by atoms with Crippen LogP contribution in [-0.2, 0) is 0 Å². The highest BCUT2D eigenvalue weighted by Gasteiger charge is 2.27. The molecule has 0 amide bonds. The number of aliphatic hydroxyl groups excluding tert-OH is 1. The third-order valence-corrected chi connectivity index (χ3v) is 6.08. The van der Waals surface area contributed by atoms with Crippen molar-refractivity contribution in [2.45, 2.75) is 12.2 Å². The summed E-state index contributed by atoms with van der Waals surface area (Å²) in [5, 5.41) is 11.2. The van der Waals surface area contributed by atoms with Crippen LogP contribution in [-0.4, -0.2) is 11.2 Å². The van der Waals surface area contributed by atoms with Crippen LogP contribution in [0.2, 0.25) is 5.02 Å². The summed E-state index contributed by atoms with van der Waals surface area (Å²) in [4.78, 5) is 0. The summed E-state index contributed by atoms with van der Waals surface area (Å²) in [5.41, 5.74) is 1.80. The van der Waals surface area contributed by atoms with E-state index in [2.05, 4.69) is 47.8 Å². The molecule has 6 heteroatoms. The Balaban J connectivity index is 1.90. The van der Waals surface area contributed by atoms with Gasteiger partial charge in [-0.3, -0.25) is 0 Å². The second-order valence-electron chi connectivity index (χ2n) is 4.86. The number of halogens is 4. The monoisotopic (exact) mass is 506 g/mol. The van der Waals surface area contributed by atoms with Gasteiger partial charge in [-0.2, -0.15) is 0 Å². The Bertz CT molecular complexity index is 761. The SMILES string of the molecule is O[C@H]1c2cc(Br)c(Br)cc2C=C[C@@H]1Oc1ccc(Cl)cc1Br. The molecule has 0 aromatic heterocycles. The van der Waals surface area contributed by atoms with Crippen molar-refractivity contribution >= 4 is 65.5 Å². The number of hydrogen-bond donors (Lipinski definition) is 1. The lowest BCUT2D eigenvalue weighted by Crippen LogP contribution is -2.26. The van der Waals surface area contributed by atoms with Gasteiger partial charge in [-0.25, -0.2) is 0 Å². The largest absolute Gasteiger partial charge is 0.482 e. The third kappa shape index (κ3) is 3.29. The summed E-state index contributed by atoms with van der Waals surface area (Å²) < 4.78 is 8.51. The molecule has 0 saturated carbocycles. The van der Waals surface area contributed by atoms with Crippen molar-refractivity contribution < 1.29 is 9.84 Å². The molecule has 0 aliphatic heterocycles. The number of fused-ring (bicyclic) bond motifs is 1. The summed E-state index contributed by atoms with van der Waals surface area (Å²) in [6, 6.07) is 9.16. The van der Waals surface area contributed by atoms with Gasteiger partial charge < -0.3 is 9.84 Å². The van der Waals surface area contributed by atoms with Gasteiger partial charge in [-0.1, -0.05) is 17.7 Å². The lowest BCUT2D eigenvalue weighted by Gasteiger charge is -2.27. The molecule has 2 aromatic rings. The van der Waals surface area contributed by atoms with Crippen LogP contribution >= 0.6 is 59.4 Å². The number of aliphatic hydroxyl groups is 1. The standard InChI is InChI=1S/C16H10Br3ClO2/c17-11-5-8-1-3-15(16(21)10(8)7-12(11)18)22-14-4-2-9(20)6-13(14)19/h1-7,15-16,21H/t15-,16-/m0/s1. The van der Waals surface area contributed by atoms with E-state index in [1.54, 1.807) is 18.2 Å². The maximum absolute atomic E-state index is 10.6. The highest BCUT2D eigenvalue weighted by molar-refractivity contribution is 9.13. The van der Waals surface area contributed by atoms with Crippen molar-refractivity contribution in [1.29, 1.82) is 0 Å². The maximum Gasteiger partial charge on any atom is 0.147 e. The van der Waals surface area contributed by atoms with Crippen LogP contribution in [0, 0.1) is 0 Å². The van der Waals surface area contributed by atoms with Gasteiger partial charge in [0.1, 0.15) is 18.0 Å². The molecule has 1 aliphatic rings. The zero-order valence-electron chi connectivity index (χ0n) is 11.1. The first kappa shape index (κ1) is 16.5. The van der Waals surface area contributed by atoms with E-state index < -0.39 is 12.2 Å². The smallest absolute Gasteiger partial charge is 0.147 e. The maximum atomic E-state index is 10.6. The van der Waals surface area contributed by atoms with Gasteiger partial charge in [0.05, 0.1) is 4.47 Å². The molecule has 0 spiro atoms. The second kappa shape index (κ2) is 6.65. The molecular weight excluding hydrogens is 499 g/mol. The molecule has 1 aliphatic carbocycles. The number of hydrogen-bond acceptors (Lipinski definition) is 2. The molecule has 22 heavy (non-hydrogen) atoms. The van der Waals surface area contributed by atoms with Gasteiger partial charge in [-0.05, 0) is 95.3 Å². The molecule has 114 valence electrons. The highest BCUT2D eigenvalue weighted by atomic mass is 79.9. The molecule has 0 unspecified atom stereocenters. The predicted molar refractivity (Wildman–Crippen MR) is 99.4 cm³/mol. The van der Waals surface area contributed by atoms with Crippen molar-refractivity contribution in [2.75, 3.05) is 0 Å². The molecule has 0 bridgehead atoms. The zero-order chi connectivity index (χ0) is 15.9. The lowest BCUT2D eigenvalue weighted by molar-refractivity contribution is 0.0618. The van der Waals surface area contributed by atoms with E-state index in [9.17, 15) is 5.11 Å². The van der Waals surface area contributed by atoms with Crippen molar-refractivity contribution in [1.82, 2.24) is 0 Å². The van der Waals surface area contributed by atoms with Gasteiger partial charge in [0, 0.05) is 14.0 Å². The molecule has 0 saturated heterocycles. The fourth-order valence-corrected chi connectivity index (χ4v) is 3.78. The Morgan fingerprint density at radius 2 is 1.73 bits per heavy atom. The Kier molecular flexibility index (Phi) is 5.00. The zero-order valence-corrected chi connectivity index (χ0v) is 16.6. The Labute approximate surface area is 158 Å². The van der Waals surface area contributed by atoms with Gasteiger partial charge >= 0.3 is 0 Å². The molecular formula is C16H10Br3ClO2. The van der Waals surface area contributed by atoms with Crippen LogP contribution in [0.1, 0.15) is 17.2 Å². The third-order valence-electron chi connectivity index (χ3n) is 3.38. The molecule has 1 N–H and O–H groups in total. The van der Waals surface area contributed by atoms with Crippen molar-refractivity contribution in [3.63, 3.8) is 0 Å². The minimum atomic E-state index is -0.744. The van der Waals surface area contributed by atoms with Gasteiger partial charge in [0.2, 0.25) is 0 Å². The fourth-order valence-electron chi connectivity index (χ4n) is 2.28. The molecule has 0 fully saturated rings. The molecule has 0 radical (unpaired) electrons. The van der Waals surface area contributed by atoms with E-state index in [1.165, 1.54) is 0 Å². The van der Waals surface area contributed by atoms with Crippen LogP contribution in [0.3, 0.4) is 0 Å². The normalized spacial score (nSPS) is 19.9. The summed E-state index contributed by atoms with van der Waals surface area (Å²) in [6.45, 7) is 0. The number of ether oxygens (including phenoxy) is 1. The van der Waals surface area contributed by atoms with Crippen LogP contribution < -0.4 is 4.74 Å². The minimum absolute atomic E-state index is 0.460. The fraction of sp³-hybridized carbons (Fsp3) is 0.125. The average molecular weight is 509 g/mol. The van der Waals surface area contributed by atoms with E-state index in [1.807, 2.05) is 24.3 Å². The van der Waals surface area contributed by atoms with Crippen molar-refractivity contribution in [3.8, 4) is 5.75 Å².